The topological polar surface area (TPSA) is 130 Å². The van der Waals surface area contributed by atoms with Crippen molar-refractivity contribution in [2.45, 2.75) is 33.0 Å². The number of halogens is 2. The Morgan fingerprint density at radius 3 is 2.60 bits per heavy atom. The summed E-state index contributed by atoms with van der Waals surface area (Å²) in [4.78, 5) is 33.8. The highest BCUT2D eigenvalue weighted by atomic mass is 32.1. The van der Waals surface area contributed by atoms with E-state index in [4.69, 9.17) is 9.47 Å². The number of hydrogen-bond acceptors (Lipinski definition) is 9. The van der Waals surface area contributed by atoms with Crippen molar-refractivity contribution in [3.63, 3.8) is 0 Å². The van der Waals surface area contributed by atoms with Crippen molar-refractivity contribution in [1.82, 2.24) is 34.6 Å². The van der Waals surface area contributed by atoms with E-state index < -0.39 is 18.3 Å². The molecule has 1 aliphatic heterocycles. The van der Waals surface area contributed by atoms with Gasteiger partial charge in [-0.15, -0.1) is 11.3 Å². The summed E-state index contributed by atoms with van der Waals surface area (Å²) in [6.07, 6.45) is 6.17. The average molecular weight is 611 g/mol. The van der Waals surface area contributed by atoms with E-state index in [1.54, 1.807) is 78.1 Å². The van der Waals surface area contributed by atoms with Gasteiger partial charge in [0, 0.05) is 55.0 Å². The number of nitrogens with zero attached hydrogens (tertiary/aromatic N) is 6. The van der Waals surface area contributed by atoms with Gasteiger partial charge in [0.25, 0.3) is 5.91 Å². The van der Waals surface area contributed by atoms with E-state index in [1.165, 1.54) is 17.4 Å². The third kappa shape index (κ3) is 5.93. The molecule has 12 nitrogen and oxygen atoms in total. The Bertz CT molecular complexity index is 1800. The first-order valence-electron chi connectivity index (χ1n) is 13.4. The SMILES string of the molecule is CC(C)(C)OC(=O)N1CCN(C(=O)c2cc3cc(OC(F)F)c(-c4n[nH]cc4Nc4cnn5cccnc45)cc3s2)CC1. The van der Waals surface area contributed by atoms with Crippen molar-refractivity contribution in [2.24, 2.45) is 0 Å². The lowest BCUT2D eigenvalue weighted by molar-refractivity contribution is -0.0493. The van der Waals surface area contributed by atoms with Crippen LogP contribution in [0.5, 0.6) is 5.75 Å². The number of carbonyl (C=O) groups excluding carboxylic acids is 2. The van der Waals surface area contributed by atoms with Crippen LogP contribution in [0.25, 0.3) is 27.0 Å². The molecule has 5 aromatic rings. The number of anilines is 2. The molecule has 0 radical (unpaired) electrons. The van der Waals surface area contributed by atoms with Crippen molar-refractivity contribution >= 4 is 50.4 Å². The number of fused-ring (bicyclic) bond motifs is 2. The van der Waals surface area contributed by atoms with Crippen LogP contribution in [0.1, 0.15) is 30.4 Å². The number of alkyl halides is 2. The smallest absolute Gasteiger partial charge is 0.410 e. The van der Waals surface area contributed by atoms with E-state index in [9.17, 15) is 18.4 Å². The molecule has 15 heteroatoms. The molecule has 0 atom stereocenters. The van der Waals surface area contributed by atoms with E-state index in [-0.39, 0.29) is 11.7 Å². The molecule has 2 N–H and O–H groups in total. The number of thiophene rings is 1. The zero-order valence-corrected chi connectivity index (χ0v) is 24.3. The summed E-state index contributed by atoms with van der Waals surface area (Å²) >= 11 is 1.24. The van der Waals surface area contributed by atoms with Crippen LogP contribution in [0.2, 0.25) is 0 Å². The number of rotatable bonds is 6. The summed E-state index contributed by atoms with van der Waals surface area (Å²) < 4.78 is 39.6. The predicted octanol–water partition coefficient (Wildman–Crippen LogP) is 5.37. The van der Waals surface area contributed by atoms with E-state index >= 15 is 0 Å². The lowest BCUT2D eigenvalue weighted by atomic mass is 10.1. The van der Waals surface area contributed by atoms with E-state index in [0.717, 1.165) is 0 Å². The van der Waals surface area contributed by atoms with Crippen LogP contribution in [-0.4, -0.2) is 85.0 Å². The molecule has 0 bridgehead atoms. The fourth-order valence-electron chi connectivity index (χ4n) is 4.78. The Morgan fingerprint density at radius 2 is 1.86 bits per heavy atom. The normalized spacial score (nSPS) is 14.1. The molecule has 1 aliphatic rings. The summed E-state index contributed by atoms with van der Waals surface area (Å²) in [5, 5.41) is 15.1. The molecule has 0 spiro atoms. The van der Waals surface area contributed by atoms with Crippen LogP contribution in [0.15, 0.2) is 49.1 Å². The number of aromatic nitrogens is 5. The minimum absolute atomic E-state index is 0.0848. The van der Waals surface area contributed by atoms with Gasteiger partial charge in [-0.1, -0.05) is 0 Å². The summed E-state index contributed by atoms with van der Waals surface area (Å²) in [6.45, 7) is 3.72. The lowest BCUT2D eigenvalue weighted by Gasteiger charge is -2.35. The molecule has 1 aromatic carbocycles. The minimum atomic E-state index is -3.07. The van der Waals surface area contributed by atoms with Gasteiger partial charge in [0.15, 0.2) is 5.65 Å². The number of amides is 2. The zero-order chi connectivity index (χ0) is 30.3. The highest BCUT2D eigenvalue weighted by Crippen LogP contribution is 2.41. The molecular formula is C28H28F2N8O4S. The predicted molar refractivity (Wildman–Crippen MR) is 156 cm³/mol. The van der Waals surface area contributed by atoms with Gasteiger partial charge in [0.05, 0.1) is 16.8 Å². The van der Waals surface area contributed by atoms with Crippen molar-refractivity contribution in [2.75, 3.05) is 31.5 Å². The third-order valence-electron chi connectivity index (χ3n) is 6.71. The monoisotopic (exact) mass is 610 g/mol. The average Bonchev–Trinajstić information content (AvgIpc) is 3.70. The molecule has 0 aliphatic carbocycles. The van der Waals surface area contributed by atoms with Gasteiger partial charge >= 0.3 is 12.7 Å². The van der Waals surface area contributed by atoms with Gasteiger partial charge < -0.3 is 24.6 Å². The number of piperazine rings is 1. The fraction of sp³-hybridized carbons (Fsp3) is 0.321. The van der Waals surface area contributed by atoms with Crippen LogP contribution in [0.4, 0.5) is 25.0 Å². The molecule has 2 amide bonds. The molecule has 4 aromatic heterocycles. The zero-order valence-electron chi connectivity index (χ0n) is 23.5. The van der Waals surface area contributed by atoms with Gasteiger partial charge in [-0.2, -0.15) is 19.0 Å². The Hall–Kier alpha value is -4.79. The molecular weight excluding hydrogens is 582 g/mol. The second-order valence-electron chi connectivity index (χ2n) is 10.9. The van der Waals surface area contributed by atoms with Gasteiger partial charge in [-0.3, -0.25) is 9.89 Å². The maximum atomic E-state index is 13.5. The van der Waals surface area contributed by atoms with Crippen LogP contribution in [0.3, 0.4) is 0 Å². The Labute approximate surface area is 248 Å². The maximum absolute atomic E-state index is 13.5. The number of benzene rings is 1. The minimum Gasteiger partial charge on any atom is -0.444 e. The summed E-state index contributed by atoms with van der Waals surface area (Å²) in [5.41, 5.74) is 1.71. The molecule has 1 saturated heterocycles. The Kier molecular flexibility index (Phi) is 7.33. The second-order valence-corrected chi connectivity index (χ2v) is 11.9. The first kappa shape index (κ1) is 28.3. The number of nitrogens with one attached hydrogen (secondary N) is 2. The molecule has 224 valence electrons. The largest absolute Gasteiger partial charge is 0.444 e. The third-order valence-corrected chi connectivity index (χ3v) is 7.79. The standard InChI is InChI=1S/C28H28F2N8O4S/c1-28(2,3)42-27(40)37-9-7-36(8-10-37)25(39)22-12-16-11-20(41-26(29)30)17(13-21(16)43-22)23-18(14-32-35-23)34-19-15-33-38-6-4-5-31-24(19)38/h4-6,11-15,26,34H,7-10H2,1-3H3,(H,32,35). The number of carbonyl (C=O) groups is 2. The van der Waals surface area contributed by atoms with Crippen LogP contribution in [-0.2, 0) is 4.74 Å². The maximum Gasteiger partial charge on any atom is 0.410 e. The number of H-pyrrole nitrogens is 1. The number of hydrogen-bond donors (Lipinski definition) is 2. The lowest BCUT2D eigenvalue weighted by Crippen LogP contribution is -2.51. The van der Waals surface area contributed by atoms with E-state index in [1.807, 2.05) is 0 Å². The summed E-state index contributed by atoms with van der Waals surface area (Å²) in [5.74, 6) is -0.288. The van der Waals surface area contributed by atoms with Crippen LogP contribution < -0.4 is 10.1 Å². The first-order valence-corrected chi connectivity index (χ1v) is 14.3. The van der Waals surface area contributed by atoms with Gasteiger partial charge in [-0.25, -0.2) is 14.3 Å². The highest BCUT2D eigenvalue weighted by molar-refractivity contribution is 7.20. The number of ether oxygens (including phenoxy) is 2. The summed E-state index contributed by atoms with van der Waals surface area (Å²) in [6, 6.07) is 6.59. The van der Waals surface area contributed by atoms with Gasteiger partial charge in [-0.05, 0) is 50.4 Å². The summed E-state index contributed by atoms with van der Waals surface area (Å²) in [7, 11) is 0. The van der Waals surface area contributed by atoms with Crippen LogP contribution in [0, 0.1) is 0 Å². The van der Waals surface area contributed by atoms with Crippen molar-refractivity contribution < 1.29 is 27.8 Å². The van der Waals surface area contributed by atoms with Crippen molar-refractivity contribution in [3.05, 3.63) is 53.9 Å². The Balaban J connectivity index is 1.26. The molecule has 1 fully saturated rings. The quantitative estimate of drug-likeness (QED) is 0.263. The fourth-order valence-corrected chi connectivity index (χ4v) is 5.83. The van der Waals surface area contributed by atoms with E-state index in [2.05, 4.69) is 25.6 Å². The van der Waals surface area contributed by atoms with E-state index in [0.29, 0.717) is 69.4 Å². The Morgan fingerprint density at radius 1 is 1.09 bits per heavy atom. The second kappa shape index (κ2) is 11.1. The number of aromatic amines is 1. The van der Waals surface area contributed by atoms with Gasteiger partial charge in [0.1, 0.15) is 22.7 Å². The highest BCUT2D eigenvalue weighted by Gasteiger charge is 2.29. The van der Waals surface area contributed by atoms with Crippen LogP contribution >= 0.6 is 11.3 Å². The molecule has 0 unspecified atom stereocenters. The molecule has 5 heterocycles. The van der Waals surface area contributed by atoms with Crippen molar-refractivity contribution in [1.29, 1.82) is 0 Å². The molecule has 43 heavy (non-hydrogen) atoms. The van der Waals surface area contributed by atoms with Crippen molar-refractivity contribution in [3.8, 4) is 17.0 Å². The van der Waals surface area contributed by atoms with Gasteiger partial charge in [0.2, 0.25) is 0 Å². The molecule has 6 rings (SSSR count). The first-order chi connectivity index (χ1) is 20.6. The molecule has 0 saturated carbocycles.